The second kappa shape index (κ2) is 10.4. The maximum absolute atomic E-state index is 12.8. The van der Waals surface area contributed by atoms with Crippen LogP contribution in [-0.2, 0) is 16.6 Å². The molecule has 2 aromatic rings. The molecule has 2 N–H and O–H groups in total. The highest BCUT2D eigenvalue weighted by molar-refractivity contribution is 7.89. The fraction of sp³-hybridized carbons (Fsp3) is 0.350. The Morgan fingerprint density at radius 2 is 1.75 bits per heavy atom. The van der Waals surface area contributed by atoms with Gasteiger partial charge >= 0.3 is 0 Å². The summed E-state index contributed by atoms with van der Waals surface area (Å²) in [6, 6.07) is 14.7. The van der Waals surface area contributed by atoms with Crippen LogP contribution in [0.5, 0.6) is 5.75 Å². The van der Waals surface area contributed by atoms with Crippen LogP contribution >= 0.6 is 12.2 Å². The standard InChI is InChI=1S/C20H27N3O3S2/c1-4-23(5-2)28(24,25)17-12-13-19(26-6-3)18(14-17)22-20(27)21-15-16-10-8-7-9-11-16/h7-14H,4-6,15H2,1-3H3,(H2,21,22,27). The Hall–Kier alpha value is -2.16. The molecular formula is C20H27N3O3S2. The van der Waals surface area contributed by atoms with Gasteiger partial charge in [-0.25, -0.2) is 8.42 Å². The van der Waals surface area contributed by atoms with Crippen molar-refractivity contribution in [1.82, 2.24) is 9.62 Å². The molecule has 0 aromatic heterocycles. The van der Waals surface area contributed by atoms with Crippen LogP contribution < -0.4 is 15.4 Å². The summed E-state index contributed by atoms with van der Waals surface area (Å²) in [6.07, 6.45) is 0. The van der Waals surface area contributed by atoms with Crippen LogP contribution in [0.2, 0.25) is 0 Å². The fourth-order valence-corrected chi connectivity index (χ4v) is 4.37. The molecular weight excluding hydrogens is 394 g/mol. The van der Waals surface area contributed by atoms with Crippen LogP contribution in [0.3, 0.4) is 0 Å². The lowest BCUT2D eigenvalue weighted by Crippen LogP contribution is -2.31. The topological polar surface area (TPSA) is 70.7 Å². The van der Waals surface area contributed by atoms with Crippen LogP contribution in [0.1, 0.15) is 26.3 Å². The van der Waals surface area contributed by atoms with Gasteiger partial charge < -0.3 is 15.4 Å². The SMILES string of the molecule is CCOc1ccc(S(=O)(=O)N(CC)CC)cc1NC(=S)NCc1ccccc1. The van der Waals surface area contributed by atoms with E-state index in [1.165, 1.54) is 4.31 Å². The number of anilines is 1. The normalized spacial score (nSPS) is 11.3. The van der Waals surface area contributed by atoms with E-state index in [0.29, 0.717) is 42.8 Å². The van der Waals surface area contributed by atoms with E-state index in [1.807, 2.05) is 51.1 Å². The van der Waals surface area contributed by atoms with Crippen LogP contribution in [0.15, 0.2) is 53.4 Å². The third-order valence-corrected chi connectivity index (χ3v) is 6.43. The van der Waals surface area contributed by atoms with E-state index in [4.69, 9.17) is 17.0 Å². The number of benzene rings is 2. The molecule has 152 valence electrons. The smallest absolute Gasteiger partial charge is 0.243 e. The van der Waals surface area contributed by atoms with Gasteiger partial charge in [0.25, 0.3) is 0 Å². The minimum atomic E-state index is -3.57. The highest BCUT2D eigenvalue weighted by Gasteiger charge is 2.23. The number of thiocarbonyl (C=S) groups is 1. The third kappa shape index (κ3) is 5.67. The first-order chi connectivity index (χ1) is 13.4. The second-order valence-electron chi connectivity index (χ2n) is 5.97. The molecule has 0 unspecified atom stereocenters. The summed E-state index contributed by atoms with van der Waals surface area (Å²) in [7, 11) is -3.57. The van der Waals surface area contributed by atoms with Crippen molar-refractivity contribution < 1.29 is 13.2 Å². The molecule has 28 heavy (non-hydrogen) atoms. The van der Waals surface area contributed by atoms with Gasteiger partial charge in [-0.05, 0) is 42.9 Å². The molecule has 0 saturated carbocycles. The van der Waals surface area contributed by atoms with Crippen molar-refractivity contribution in [2.24, 2.45) is 0 Å². The van der Waals surface area contributed by atoms with Gasteiger partial charge in [0.05, 0.1) is 17.2 Å². The summed E-state index contributed by atoms with van der Waals surface area (Å²) in [6.45, 7) is 7.35. The molecule has 0 atom stereocenters. The van der Waals surface area contributed by atoms with Gasteiger partial charge in [-0.3, -0.25) is 0 Å². The van der Waals surface area contributed by atoms with Crippen LogP contribution in [-0.4, -0.2) is 37.5 Å². The largest absolute Gasteiger partial charge is 0.492 e. The molecule has 8 heteroatoms. The van der Waals surface area contributed by atoms with E-state index in [0.717, 1.165) is 5.56 Å². The Balaban J connectivity index is 2.22. The van der Waals surface area contributed by atoms with E-state index in [2.05, 4.69) is 10.6 Å². The first kappa shape index (κ1) is 22.1. The number of nitrogens with zero attached hydrogens (tertiary/aromatic N) is 1. The molecule has 2 aromatic carbocycles. The summed E-state index contributed by atoms with van der Waals surface area (Å²) in [5.74, 6) is 0.546. The van der Waals surface area contributed by atoms with Gasteiger partial charge in [-0.15, -0.1) is 0 Å². The fourth-order valence-electron chi connectivity index (χ4n) is 2.71. The Morgan fingerprint density at radius 1 is 1.07 bits per heavy atom. The van der Waals surface area contributed by atoms with Crippen molar-refractivity contribution >= 4 is 33.0 Å². The van der Waals surface area contributed by atoms with Gasteiger partial charge in [0.15, 0.2) is 5.11 Å². The molecule has 0 aliphatic rings. The summed E-state index contributed by atoms with van der Waals surface area (Å²) in [5.41, 5.74) is 1.61. The monoisotopic (exact) mass is 421 g/mol. The van der Waals surface area contributed by atoms with Crippen molar-refractivity contribution in [3.8, 4) is 5.75 Å². The molecule has 0 saturated heterocycles. The maximum Gasteiger partial charge on any atom is 0.243 e. The third-order valence-electron chi connectivity index (χ3n) is 4.14. The van der Waals surface area contributed by atoms with Crippen LogP contribution in [0.4, 0.5) is 5.69 Å². The van der Waals surface area contributed by atoms with Gasteiger partial charge in [-0.1, -0.05) is 44.2 Å². The molecule has 0 aliphatic heterocycles. The molecule has 0 radical (unpaired) electrons. The van der Waals surface area contributed by atoms with E-state index in [1.54, 1.807) is 18.2 Å². The minimum Gasteiger partial charge on any atom is -0.492 e. The van der Waals surface area contributed by atoms with Crippen LogP contribution in [0.25, 0.3) is 0 Å². The number of hydrogen-bond donors (Lipinski definition) is 2. The molecule has 0 spiro atoms. The van der Waals surface area contributed by atoms with E-state index in [-0.39, 0.29) is 4.90 Å². The van der Waals surface area contributed by atoms with Gasteiger partial charge in [-0.2, -0.15) is 4.31 Å². The van der Waals surface area contributed by atoms with Crippen molar-refractivity contribution in [3.05, 3.63) is 54.1 Å². The summed E-state index contributed by atoms with van der Waals surface area (Å²) >= 11 is 5.38. The molecule has 0 fully saturated rings. The Bertz CT molecular complexity index is 883. The minimum absolute atomic E-state index is 0.202. The maximum atomic E-state index is 12.8. The first-order valence-corrected chi connectivity index (χ1v) is 11.1. The lowest BCUT2D eigenvalue weighted by Gasteiger charge is -2.20. The van der Waals surface area contributed by atoms with Crippen molar-refractivity contribution in [1.29, 1.82) is 0 Å². The highest BCUT2D eigenvalue weighted by Crippen LogP contribution is 2.29. The molecule has 0 aliphatic carbocycles. The molecule has 0 heterocycles. The highest BCUT2D eigenvalue weighted by atomic mass is 32.2. The van der Waals surface area contributed by atoms with Crippen LogP contribution in [0, 0.1) is 0 Å². The summed E-state index contributed by atoms with van der Waals surface area (Å²) in [5, 5.41) is 6.58. The average molecular weight is 422 g/mol. The van der Waals surface area contributed by atoms with Gasteiger partial charge in [0, 0.05) is 19.6 Å². The Labute approximate surface area is 173 Å². The van der Waals surface area contributed by atoms with E-state index in [9.17, 15) is 8.42 Å². The Morgan fingerprint density at radius 3 is 2.36 bits per heavy atom. The molecule has 0 bridgehead atoms. The summed E-state index contributed by atoms with van der Waals surface area (Å²) in [4.78, 5) is 0.202. The quantitative estimate of drug-likeness (QED) is 0.603. The zero-order chi connectivity index (χ0) is 20.6. The number of ether oxygens (including phenoxy) is 1. The van der Waals surface area contributed by atoms with Gasteiger partial charge in [0.1, 0.15) is 5.75 Å². The van der Waals surface area contributed by atoms with Crippen molar-refractivity contribution in [2.45, 2.75) is 32.2 Å². The van der Waals surface area contributed by atoms with Gasteiger partial charge in [0.2, 0.25) is 10.0 Å². The van der Waals surface area contributed by atoms with Crippen molar-refractivity contribution in [3.63, 3.8) is 0 Å². The predicted molar refractivity (Wildman–Crippen MR) is 117 cm³/mol. The van der Waals surface area contributed by atoms with E-state index < -0.39 is 10.0 Å². The Kier molecular flexibility index (Phi) is 8.22. The predicted octanol–water partition coefficient (Wildman–Crippen LogP) is 3.60. The number of nitrogens with one attached hydrogen (secondary N) is 2. The number of rotatable bonds is 9. The lowest BCUT2D eigenvalue weighted by atomic mass is 10.2. The molecule has 2 rings (SSSR count). The second-order valence-corrected chi connectivity index (χ2v) is 8.32. The lowest BCUT2D eigenvalue weighted by molar-refractivity contribution is 0.341. The summed E-state index contributed by atoms with van der Waals surface area (Å²) < 4.78 is 32.7. The number of sulfonamides is 1. The van der Waals surface area contributed by atoms with E-state index >= 15 is 0 Å². The average Bonchev–Trinajstić information content (AvgIpc) is 2.69. The zero-order valence-electron chi connectivity index (χ0n) is 16.4. The molecule has 0 amide bonds. The first-order valence-electron chi connectivity index (χ1n) is 9.28. The van der Waals surface area contributed by atoms with Crippen molar-refractivity contribution in [2.75, 3.05) is 25.0 Å². The molecule has 6 nitrogen and oxygen atoms in total. The number of hydrogen-bond acceptors (Lipinski definition) is 4. The zero-order valence-corrected chi connectivity index (χ0v) is 18.1.